The maximum absolute atomic E-state index is 14.3. The summed E-state index contributed by atoms with van der Waals surface area (Å²) < 4.78 is 29.5. The Morgan fingerprint density at radius 1 is 1.42 bits per heavy atom. The van der Waals surface area contributed by atoms with Crippen LogP contribution in [0.1, 0.15) is 25.3 Å². The Balaban J connectivity index is 1.73. The summed E-state index contributed by atoms with van der Waals surface area (Å²) in [7, 11) is 0. The zero-order valence-corrected chi connectivity index (χ0v) is 15.0. The number of benzene rings is 1. The molecule has 0 spiro atoms. The normalized spacial score (nSPS) is 21.1. The zero-order chi connectivity index (χ0) is 17.3. The summed E-state index contributed by atoms with van der Waals surface area (Å²) in [5.41, 5.74) is 0.996. The van der Waals surface area contributed by atoms with E-state index in [1.165, 1.54) is 6.92 Å². The second-order valence-corrected chi connectivity index (χ2v) is 7.39. The summed E-state index contributed by atoms with van der Waals surface area (Å²) >= 11 is 3.48. The van der Waals surface area contributed by atoms with Crippen molar-refractivity contribution in [2.45, 2.75) is 32.2 Å². The van der Waals surface area contributed by atoms with Gasteiger partial charge in [-0.2, -0.15) is 0 Å². The predicted octanol–water partition coefficient (Wildman–Crippen LogP) is 4.43. The standard InChI is InChI=1S/C18H19BrF2N2O/c1-12(24)6-15-4-5-23(11-18(15,20)21)10-13-2-3-14-8-22-9-17(19)16(14)7-13/h2-3,7-9,15H,4-6,10-11H2,1H3. The third kappa shape index (κ3) is 3.81. The van der Waals surface area contributed by atoms with Crippen LogP contribution >= 0.6 is 15.9 Å². The highest BCUT2D eigenvalue weighted by Gasteiger charge is 2.44. The number of likely N-dealkylation sites (tertiary alicyclic amines) is 1. The van der Waals surface area contributed by atoms with Gasteiger partial charge in [0.2, 0.25) is 0 Å². The van der Waals surface area contributed by atoms with Gasteiger partial charge in [-0.3, -0.25) is 9.88 Å². The van der Waals surface area contributed by atoms with Gasteiger partial charge in [-0.05, 0) is 52.8 Å². The van der Waals surface area contributed by atoms with Gasteiger partial charge in [0.25, 0.3) is 5.92 Å². The van der Waals surface area contributed by atoms with Gasteiger partial charge < -0.3 is 4.79 Å². The number of alkyl halides is 2. The Morgan fingerprint density at radius 2 is 2.21 bits per heavy atom. The summed E-state index contributed by atoms with van der Waals surface area (Å²) in [6.07, 6.45) is 3.84. The number of piperidine rings is 1. The van der Waals surface area contributed by atoms with E-state index in [-0.39, 0.29) is 18.7 Å². The van der Waals surface area contributed by atoms with Gasteiger partial charge in [0, 0.05) is 41.1 Å². The molecule has 1 saturated heterocycles. The highest BCUT2D eigenvalue weighted by molar-refractivity contribution is 9.10. The molecule has 2 heterocycles. The van der Waals surface area contributed by atoms with Gasteiger partial charge in [-0.25, -0.2) is 8.78 Å². The molecule has 3 rings (SSSR count). The predicted molar refractivity (Wildman–Crippen MR) is 93.1 cm³/mol. The van der Waals surface area contributed by atoms with Gasteiger partial charge in [-0.1, -0.05) is 12.1 Å². The van der Waals surface area contributed by atoms with Crippen LogP contribution in [0.15, 0.2) is 35.1 Å². The zero-order valence-electron chi connectivity index (χ0n) is 13.4. The number of carbonyl (C=O) groups excluding carboxylic acids is 1. The molecule has 1 aliphatic rings. The van der Waals surface area contributed by atoms with Gasteiger partial charge in [0.1, 0.15) is 5.78 Å². The van der Waals surface area contributed by atoms with E-state index in [0.29, 0.717) is 19.5 Å². The van der Waals surface area contributed by atoms with E-state index in [2.05, 4.69) is 20.9 Å². The number of ketones is 1. The Kier molecular flexibility index (Phi) is 4.97. The molecule has 1 unspecified atom stereocenters. The fraction of sp³-hybridized carbons (Fsp3) is 0.444. The molecule has 0 bridgehead atoms. The molecule has 0 saturated carbocycles. The molecule has 2 aromatic rings. The van der Waals surface area contributed by atoms with Gasteiger partial charge in [0.15, 0.2) is 0 Å². The second kappa shape index (κ2) is 6.84. The van der Waals surface area contributed by atoms with Gasteiger partial charge in [-0.15, -0.1) is 0 Å². The quantitative estimate of drug-likeness (QED) is 0.765. The van der Waals surface area contributed by atoms with E-state index in [0.717, 1.165) is 20.8 Å². The van der Waals surface area contributed by atoms with Crippen LogP contribution < -0.4 is 0 Å². The lowest BCUT2D eigenvalue weighted by molar-refractivity contribution is -0.134. The van der Waals surface area contributed by atoms with Crippen molar-refractivity contribution in [3.05, 3.63) is 40.6 Å². The first kappa shape index (κ1) is 17.4. The third-order valence-electron chi connectivity index (χ3n) is 4.54. The molecule has 1 aliphatic heterocycles. The topological polar surface area (TPSA) is 33.2 Å². The Morgan fingerprint density at radius 3 is 2.92 bits per heavy atom. The van der Waals surface area contributed by atoms with Crippen molar-refractivity contribution < 1.29 is 13.6 Å². The molecule has 128 valence electrons. The maximum Gasteiger partial charge on any atom is 0.263 e. The first-order valence-corrected chi connectivity index (χ1v) is 8.76. The summed E-state index contributed by atoms with van der Waals surface area (Å²) in [6, 6.07) is 5.93. The summed E-state index contributed by atoms with van der Waals surface area (Å²) in [4.78, 5) is 17.1. The molecule has 1 aromatic heterocycles. The number of pyridine rings is 1. The molecule has 0 aliphatic carbocycles. The van der Waals surface area contributed by atoms with Crippen LogP contribution in [0, 0.1) is 5.92 Å². The number of fused-ring (bicyclic) bond motifs is 1. The molecule has 1 atom stereocenters. The second-order valence-electron chi connectivity index (χ2n) is 6.54. The van der Waals surface area contributed by atoms with Crippen molar-refractivity contribution in [2.75, 3.05) is 13.1 Å². The average molecular weight is 397 g/mol. The highest BCUT2D eigenvalue weighted by atomic mass is 79.9. The van der Waals surface area contributed by atoms with Crippen molar-refractivity contribution in [1.29, 1.82) is 0 Å². The molecular weight excluding hydrogens is 378 g/mol. The van der Waals surface area contributed by atoms with Crippen molar-refractivity contribution >= 4 is 32.5 Å². The number of hydrogen-bond acceptors (Lipinski definition) is 3. The summed E-state index contributed by atoms with van der Waals surface area (Å²) in [6.45, 7) is 2.15. The van der Waals surface area contributed by atoms with E-state index >= 15 is 0 Å². The lowest BCUT2D eigenvalue weighted by Gasteiger charge is -2.38. The minimum Gasteiger partial charge on any atom is -0.300 e. The lowest BCUT2D eigenvalue weighted by atomic mass is 9.88. The van der Waals surface area contributed by atoms with Crippen molar-refractivity contribution in [1.82, 2.24) is 9.88 Å². The molecule has 1 aromatic carbocycles. The lowest BCUT2D eigenvalue weighted by Crippen LogP contribution is -2.48. The number of aromatic nitrogens is 1. The van der Waals surface area contributed by atoms with Crippen LogP contribution in [0.25, 0.3) is 10.8 Å². The SMILES string of the molecule is CC(=O)CC1CCN(Cc2ccc3cncc(Br)c3c2)CC1(F)F. The average Bonchev–Trinajstić information content (AvgIpc) is 2.50. The van der Waals surface area contributed by atoms with E-state index in [1.807, 2.05) is 18.2 Å². The van der Waals surface area contributed by atoms with E-state index in [1.54, 1.807) is 17.3 Å². The van der Waals surface area contributed by atoms with Crippen molar-refractivity contribution in [2.24, 2.45) is 5.92 Å². The number of carbonyl (C=O) groups is 1. The number of nitrogens with zero attached hydrogens (tertiary/aromatic N) is 2. The molecule has 1 fully saturated rings. The van der Waals surface area contributed by atoms with Gasteiger partial charge in [0.05, 0.1) is 6.54 Å². The number of rotatable bonds is 4. The fourth-order valence-corrected chi connectivity index (χ4v) is 3.78. The maximum atomic E-state index is 14.3. The van der Waals surface area contributed by atoms with E-state index < -0.39 is 11.8 Å². The van der Waals surface area contributed by atoms with Crippen LogP contribution in [0.5, 0.6) is 0 Å². The molecule has 24 heavy (non-hydrogen) atoms. The highest BCUT2D eigenvalue weighted by Crippen LogP contribution is 2.36. The molecule has 6 heteroatoms. The number of halogens is 3. The van der Waals surface area contributed by atoms with Crippen LogP contribution in [0.2, 0.25) is 0 Å². The van der Waals surface area contributed by atoms with E-state index in [9.17, 15) is 13.6 Å². The minimum absolute atomic E-state index is 0.0310. The van der Waals surface area contributed by atoms with Crippen LogP contribution in [-0.2, 0) is 11.3 Å². The molecule has 0 N–H and O–H groups in total. The van der Waals surface area contributed by atoms with Crippen molar-refractivity contribution in [3.63, 3.8) is 0 Å². The third-order valence-corrected chi connectivity index (χ3v) is 5.17. The first-order chi connectivity index (χ1) is 11.3. The molecule has 0 amide bonds. The Bertz CT molecular complexity index is 766. The van der Waals surface area contributed by atoms with E-state index in [4.69, 9.17) is 0 Å². The van der Waals surface area contributed by atoms with Gasteiger partial charge >= 0.3 is 0 Å². The Labute approximate surface area is 148 Å². The van der Waals surface area contributed by atoms with Crippen LogP contribution in [0.3, 0.4) is 0 Å². The molecule has 0 radical (unpaired) electrons. The fourth-order valence-electron chi connectivity index (χ4n) is 3.32. The first-order valence-electron chi connectivity index (χ1n) is 7.97. The molecular formula is C18H19BrF2N2O. The summed E-state index contributed by atoms with van der Waals surface area (Å²) in [5, 5.41) is 2.04. The number of hydrogen-bond donors (Lipinski definition) is 0. The largest absolute Gasteiger partial charge is 0.300 e. The monoisotopic (exact) mass is 396 g/mol. The van der Waals surface area contributed by atoms with Crippen LogP contribution in [-0.4, -0.2) is 34.7 Å². The number of Topliss-reactive ketones (excluding diaryl/α,β-unsaturated/α-hetero) is 1. The molecule has 3 nitrogen and oxygen atoms in total. The smallest absolute Gasteiger partial charge is 0.263 e. The summed E-state index contributed by atoms with van der Waals surface area (Å²) in [5.74, 6) is -3.81. The minimum atomic E-state index is -2.81. The van der Waals surface area contributed by atoms with Crippen LogP contribution in [0.4, 0.5) is 8.78 Å². The Hall–Kier alpha value is -1.40. The van der Waals surface area contributed by atoms with Crippen molar-refractivity contribution in [3.8, 4) is 0 Å².